The molecule has 1 aromatic rings. The molecule has 94 valence electrons. The van der Waals surface area contributed by atoms with Crippen LogP contribution < -0.4 is 10.1 Å². The topological polar surface area (TPSA) is 41.5 Å². The number of nitrogens with one attached hydrogen (secondary N) is 1. The number of benzene rings is 1. The number of phenols is 1. The van der Waals surface area contributed by atoms with Crippen LogP contribution in [0.4, 0.5) is 0 Å². The van der Waals surface area contributed by atoms with Gasteiger partial charge in [-0.2, -0.15) is 0 Å². The second-order valence-electron chi connectivity index (χ2n) is 5.09. The van der Waals surface area contributed by atoms with Crippen LogP contribution in [0.25, 0.3) is 0 Å². The molecule has 0 saturated carbocycles. The summed E-state index contributed by atoms with van der Waals surface area (Å²) in [6, 6.07) is 1.97. The van der Waals surface area contributed by atoms with Gasteiger partial charge in [-0.3, -0.25) is 0 Å². The molecule has 1 aliphatic rings. The highest BCUT2D eigenvalue weighted by molar-refractivity contribution is 5.54. The Morgan fingerprint density at radius 1 is 1.35 bits per heavy atom. The van der Waals surface area contributed by atoms with Gasteiger partial charge >= 0.3 is 0 Å². The Kier molecular flexibility index (Phi) is 3.04. The highest BCUT2D eigenvalue weighted by Crippen LogP contribution is 2.41. The Morgan fingerprint density at radius 2 is 2.06 bits per heavy atom. The van der Waals surface area contributed by atoms with Gasteiger partial charge in [0.25, 0.3) is 0 Å². The van der Waals surface area contributed by atoms with Crippen LogP contribution in [0.2, 0.25) is 0 Å². The molecule has 3 nitrogen and oxygen atoms in total. The van der Waals surface area contributed by atoms with Crippen LogP contribution in [0.5, 0.6) is 11.5 Å². The van der Waals surface area contributed by atoms with Gasteiger partial charge in [-0.05, 0) is 57.4 Å². The van der Waals surface area contributed by atoms with Crippen molar-refractivity contribution in [3.63, 3.8) is 0 Å². The van der Waals surface area contributed by atoms with E-state index in [0.29, 0.717) is 5.75 Å². The number of ether oxygens (including phenoxy) is 1. The maximum Gasteiger partial charge on any atom is 0.124 e. The SMILES string of the molecule is COc1cc(C2(C)CCCN2)c(O)c(C)c1C. The molecule has 1 aromatic carbocycles. The van der Waals surface area contributed by atoms with Gasteiger partial charge in [0, 0.05) is 11.1 Å². The van der Waals surface area contributed by atoms with Crippen LogP contribution in [0.1, 0.15) is 36.5 Å². The van der Waals surface area contributed by atoms with E-state index in [1.165, 1.54) is 0 Å². The highest BCUT2D eigenvalue weighted by atomic mass is 16.5. The number of phenolic OH excluding ortho intramolecular Hbond substituents is 1. The van der Waals surface area contributed by atoms with E-state index in [4.69, 9.17) is 4.74 Å². The first-order valence-electron chi connectivity index (χ1n) is 6.12. The van der Waals surface area contributed by atoms with Crippen molar-refractivity contribution in [3.05, 3.63) is 22.8 Å². The minimum absolute atomic E-state index is 0.129. The molecule has 1 heterocycles. The fourth-order valence-corrected chi connectivity index (χ4v) is 2.63. The Balaban J connectivity index is 2.57. The fraction of sp³-hybridized carbons (Fsp3) is 0.571. The number of methoxy groups -OCH3 is 1. The lowest BCUT2D eigenvalue weighted by Gasteiger charge is -2.28. The second kappa shape index (κ2) is 4.22. The molecule has 1 atom stereocenters. The maximum atomic E-state index is 10.3. The molecule has 0 bridgehead atoms. The molecule has 0 radical (unpaired) electrons. The monoisotopic (exact) mass is 235 g/mol. The van der Waals surface area contributed by atoms with Gasteiger partial charge in [0.05, 0.1) is 7.11 Å². The molecule has 0 aromatic heterocycles. The lowest BCUT2D eigenvalue weighted by molar-refractivity contribution is 0.378. The van der Waals surface area contributed by atoms with E-state index < -0.39 is 0 Å². The van der Waals surface area contributed by atoms with E-state index in [-0.39, 0.29) is 5.54 Å². The molecule has 2 N–H and O–H groups in total. The molecule has 0 amide bonds. The van der Waals surface area contributed by atoms with E-state index in [1.807, 2.05) is 19.9 Å². The third-order valence-corrected chi connectivity index (χ3v) is 4.00. The average Bonchev–Trinajstić information content (AvgIpc) is 2.74. The van der Waals surface area contributed by atoms with E-state index in [9.17, 15) is 5.11 Å². The van der Waals surface area contributed by atoms with E-state index in [2.05, 4.69) is 12.2 Å². The van der Waals surface area contributed by atoms with Crippen LogP contribution in [-0.2, 0) is 5.54 Å². The third-order valence-electron chi connectivity index (χ3n) is 4.00. The first-order chi connectivity index (χ1) is 7.99. The standard InChI is InChI=1S/C14H21NO2/c1-9-10(2)13(16)11(8-12(9)17-4)14(3)6-5-7-15-14/h8,15-16H,5-7H2,1-4H3. The maximum absolute atomic E-state index is 10.3. The number of aromatic hydroxyl groups is 1. The van der Waals surface area contributed by atoms with Gasteiger partial charge in [-0.15, -0.1) is 0 Å². The summed E-state index contributed by atoms with van der Waals surface area (Å²) in [6.07, 6.45) is 2.19. The predicted octanol–water partition coefficient (Wildman–Crippen LogP) is 2.62. The fourth-order valence-electron chi connectivity index (χ4n) is 2.63. The predicted molar refractivity (Wildman–Crippen MR) is 68.7 cm³/mol. The Morgan fingerprint density at radius 3 is 2.59 bits per heavy atom. The number of hydrogen-bond acceptors (Lipinski definition) is 3. The zero-order valence-electron chi connectivity index (χ0n) is 11.1. The van der Waals surface area contributed by atoms with Gasteiger partial charge < -0.3 is 15.2 Å². The smallest absolute Gasteiger partial charge is 0.124 e. The molecular weight excluding hydrogens is 214 g/mol. The molecule has 1 unspecified atom stereocenters. The minimum atomic E-state index is -0.129. The van der Waals surface area contributed by atoms with Crippen molar-refractivity contribution in [2.75, 3.05) is 13.7 Å². The van der Waals surface area contributed by atoms with Crippen molar-refractivity contribution in [1.29, 1.82) is 0 Å². The van der Waals surface area contributed by atoms with Gasteiger partial charge in [-0.25, -0.2) is 0 Å². The summed E-state index contributed by atoms with van der Waals surface area (Å²) >= 11 is 0. The number of hydrogen-bond donors (Lipinski definition) is 2. The average molecular weight is 235 g/mol. The van der Waals surface area contributed by atoms with Crippen molar-refractivity contribution in [2.45, 2.75) is 39.2 Å². The summed E-state index contributed by atoms with van der Waals surface area (Å²) in [5.74, 6) is 1.26. The van der Waals surface area contributed by atoms with Crippen molar-refractivity contribution in [3.8, 4) is 11.5 Å². The molecule has 1 aliphatic heterocycles. The first kappa shape index (κ1) is 12.2. The normalized spacial score (nSPS) is 24.0. The third kappa shape index (κ3) is 1.89. The van der Waals surface area contributed by atoms with Crippen LogP contribution in [0, 0.1) is 13.8 Å². The molecule has 2 rings (SSSR count). The van der Waals surface area contributed by atoms with Crippen molar-refractivity contribution < 1.29 is 9.84 Å². The Labute approximate surface area is 103 Å². The summed E-state index contributed by atoms with van der Waals surface area (Å²) in [5.41, 5.74) is 2.75. The van der Waals surface area contributed by atoms with Crippen LogP contribution in [-0.4, -0.2) is 18.8 Å². The van der Waals surface area contributed by atoms with Gasteiger partial charge in [0.15, 0.2) is 0 Å². The molecule has 3 heteroatoms. The van der Waals surface area contributed by atoms with Gasteiger partial charge in [-0.1, -0.05) is 0 Å². The summed E-state index contributed by atoms with van der Waals surface area (Å²) in [5, 5.41) is 13.8. The zero-order valence-corrected chi connectivity index (χ0v) is 11.1. The molecular formula is C14H21NO2. The second-order valence-corrected chi connectivity index (χ2v) is 5.09. The van der Waals surface area contributed by atoms with E-state index in [0.717, 1.165) is 41.8 Å². The summed E-state index contributed by atoms with van der Waals surface area (Å²) in [7, 11) is 1.67. The van der Waals surface area contributed by atoms with Crippen molar-refractivity contribution in [1.82, 2.24) is 5.32 Å². The molecule has 0 aliphatic carbocycles. The summed E-state index contributed by atoms with van der Waals surface area (Å²) < 4.78 is 5.39. The van der Waals surface area contributed by atoms with Gasteiger partial charge in [0.2, 0.25) is 0 Å². The lowest BCUT2D eigenvalue weighted by Crippen LogP contribution is -2.33. The van der Waals surface area contributed by atoms with Crippen molar-refractivity contribution >= 4 is 0 Å². The van der Waals surface area contributed by atoms with E-state index in [1.54, 1.807) is 7.11 Å². The van der Waals surface area contributed by atoms with Crippen LogP contribution in [0.15, 0.2) is 6.07 Å². The van der Waals surface area contributed by atoms with Crippen molar-refractivity contribution in [2.24, 2.45) is 0 Å². The Hall–Kier alpha value is -1.22. The first-order valence-corrected chi connectivity index (χ1v) is 6.12. The molecule has 1 saturated heterocycles. The summed E-state index contributed by atoms with van der Waals surface area (Å²) in [6.45, 7) is 7.06. The lowest BCUT2D eigenvalue weighted by atomic mass is 9.87. The largest absolute Gasteiger partial charge is 0.507 e. The van der Waals surface area contributed by atoms with Crippen LogP contribution in [0.3, 0.4) is 0 Å². The molecule has 1 fully saturated rings. The van der Waals surface area contributed by atoms with Crippen LogP contribution >= 0.6 is 0 Å². The van der Waals surface area contributed by atoms with Gasteiger partial charge in [0.1, 0.15) is 11.5 Å². The number of rotatable bonds is 2. The summed E-state index contributed by atoms with van der Waals surface area (Å²) in [4.78, 5) is 0. The molecule has 17 heavy (non-hydrogen) atoms. The van der Waals surface area contributed by atoms with E-state index >= 15 is 0 Å². The quantitative estimate of drug-likeness (QED) is 0.828. The minimum Gasteiger partial charge on any atom is -0.507 e. The Bertz CT molecular complexity index is 434. The zero-order chi connectivity index (χ0) is 12.6. The molecule has 0 spiro atoms. The highest BCUT2D eigenvalue weighted by Gasteiger charge is 2.33.